The highest BCUT2D eigenvalue weighted by atomic mass is 32.2. The van der Waals surface area contributed by atoms with Crippen LogP contribution in [0.2, 0.25) is 0 Å². The van der Waals surface area contributed by atoms with E-state index in [2.05, 4.69) is 16.8 Å². The Balaban J connectivity index is 2.11. The monoisotopic (exact) mass is 297 g/mol. The summed E-state index contributed by atoms with van der Waals surface area (Å²) in [5.41, 5.74) is 1.05. The summed E-state index contributed by atoms with van der Waals surface area (Å²) in [6.45, 7) is 5.00. The van der Waals surface area contributed by atoms with Gasteiger partial charge in [-0.2, -0.15) is 0 Å². The second kappa shape index (κ2) is 6.22. The highest BCUT2D eigenvalue weighted by Crippen LogP contribution is 2.16. The molecule has 1 aliphatic rings. The standard InChI is InChI=1S/C14H23N3O2S/c1-15(2)20(18,19)14-6-4-5-13(11-14)12-17-9-7-16(3)8-10-17/h4-6,11H,7-10,12H2,1-3H3. The third-order valence-corrected chi connectivity index (χ3v) is 5.49. The van der Waals surface area contributed by atoms with Crippen LogP contribution in [0.4, 0.5) is 0 Å². The van der Waals surface area contributed by atoms with Gasteiger partial charge in [0.15, 0.2) is 0 Å². The molecular weight excluding hydrogens is 274 g/mol. The van der Waals surface area contributed by atoms with Crippen molar-refractivity contribution in [1.29, 1.82) is 0 Å². The van der Waals surface area contributed by atoms with Crippen molar-refractivity contribution in [2.45, 2.75) is 11.4 Å². The molecule has 0 N–H and O–H groups in total. The lowest BCUT2D eigenvalue weighted by Crippen LogP contribution is -2.43. The minimum absolute atomic E-state index is 0.370. The summed E-state index contributed by atoms with van der Waals surface area (Å²) in [7, 11) is 1.90. The number of rotatable bonds is 4. The van der Waals surface area contributed by atoms with E-state index >= 15 is 0 Å². The molecule has 20 heavy (non-hydrogen) atoms. The predicted molar refractivity (Wildman–Crippen MR) is 80.1 cm³/mol. The van der Waals surface area contributed by atoms with Crippen LogP contribution in [0.3, 0.4) is 0 Å². The van der Waals surface area contributed by atoms with Gasteiger partial charge in [-0.1, -0.05) is 12.1 Å². The summed E-state index contributed by atoms with van der Waals surface area (Å²) in [4.78, 5) is 5.04. The van der Waals surface area contributed by atoms with Crippen LogP contribution in [-0.4, -0.2) is 69.8 Å². The largest absolute Gasteiger partial charge is 0.304 e. The minimum atomic E-state index is -3.34. The van der Waals surface area contributed by atoms with Crippen LogP contribution < -0.4 is 0 Å². The fourth-order valence-corrected chi connectivity index (χ4v) is 3.25. The van der Waals surface area contributed by atoms with Crippen molar-refractivity contribution >= 4 is 10.0 Å². The fourth-order valence-electron chi connectivity index (χ4n) is 2.28. The van der Waals surface area contributed by atoms with Crippen molar-refractivity contribution in [1.82, 2.24) is 14.1 Å². The van der Waals surface area contributed by atoms with Gasteiger partial charge in [-0.25, -0.2) is 12.7 Å². The van der Waals surface area contributed by atoms with E-state index in [4.69, 9.17) is 0 Å². The van der Waals surface area contributed by atoms with Crippen molar-refractivity contribution in [2.75, 3.05) is 47.3 Å². The molecule has 1 heterocycles. The Labute approximate surface area is 121 Å². The third-order valence-electron chi connectivity index (χ3n) is 3.68. The van der Waals surface area contributed by atoms with Crippen LogP contribution in [-0.2, 0) is 16.6 Å². The molecular formula is C14H23N3O2S. The summed E-state index contributed by atoms with van der Waals surface area (Å²) in [6.07, 6.45) is 0. The van der Waals surface area contributed by atoms with Crippen molar-refractivity contribution in [3.8, 4) is 0 Å². The fraction of sp³-hybridized carbons (Fsp3) is 0.571. The molecule has 1 aromatic rings. The van der Waals surface area contributed by atoms with Gasteiger partial charge in [0.2, 0.25) is 10.0 Å². The molecule has 1 aliphatic heterocycles. The van der Waals surface area contributed by atoms with Crippen molar-refractivity contribution in [2.24, 2.45) is 0 Å². The highest BCUT2D eigenvalue weighted by Gasteiger charge is 2.18. The molecule has 1 fully saturated rings. The van der Waals surface area contributed by atoms with Gasteiger partial charge in [0.1, 0.15) is 0 Å². The number of nitrogens with zero attached hydrogens (tertiary/aromatic N) is 3. The first-order chi connectivity index (χ1) is 9.39. The molecule has 0 unspecified atom stereocenters. The molecule has 0 aliphatic carbocycles. The maximum atomic E-state index is 12.1. The van der Waals surface area contributed by atoms with Gasteiger partial charge in [0.05, 0.1) is 4.90 Å². The molecule has 0 spiro atoms. The predicted octanol–water partition coefficient (Wildman–Crippen LogP) is 0.684. The van der Waals surface area contributed by atoms with E-state index in [0.29, 0.717) is 4.90 Å². The quantitative estimate of drug-likeness (QED) is 0.820. The molecule has 0 aromatic heterocycles. The van der Waals surface area contributed by atoms with Gasteiger partial charge in [0.25, 0.3) is 0 Å². The molecule has 0 amide bonds. The first-order valence-corrected chi connectivity index (χ1v) is 8.26. The summed E-state index contributed by atoms with van der Waals surface area (Å²) >= 11 is 0. The zero-order valence-corrected chi connectivity index (χ0v) is 13.2. The molecule has 1 saturated heterocycles. The Bertz CT molecular complexity index is 549. The topological polar surface area (TPSA) is 43.9 Å². The van der Waals surface area contributed by atoms with Crippen LogP contribution in [0, 0.1) is 0 Å². The third kappa shape index (κ3) is 3.58. The molecule has 0 radical (unpaired) electrons. The van der Waals surface area contributed by atoms with Crippen molar-refractivity contribution in [3.63, 3.8) is 0 Å². The van der Waals surface area contributed by atoms with Gasteiger partial charge in [-0.15, -0.1) is 0 Å². The number of benzene rings is 1. The smallest absolute Gasteiger partial charge is 0.242 e. The first kappa shape index (κ1) is 15.4. The molecule has 1 aromatic carbocycles. The first-order valence-electron chi connectivity index (χ1n) is 6.82. The second-order valence-corrected chi connectivity index (χ2v) is 7.67. The molecule has 5 nitrogen and oxygen atoms in total. The zero-order chi connectivity index (χ0) is 14.8. The lowest BCUT2D eigenvalue weighted by Gasteiger charge is -2.32. The number of sulfonamides is 1. The summed E-state index contributed by atoms with van der Waals surface area (Å²) in [6, 6.07) is 7.26. The Morgan fingerprint density at radius 1 is 1.15 bits per heavy atom. The van der Waals surface area contributed by atoms with Gasteiger partial charge in [-0.05, 0) is 24.7 Å². The lowest BCUT2D eigenvalue weighted by molar-refractivity contribution is 0.148. The highest BCUT2D eigenvalue weighted by molar-refractivity contribution is 7.89. The van der Waals surface area contributed by atoms with Crippen molar-refractivity contribution < 1.29 is 8.42 Å². The zero-order valence-electron chi connectivity index (χ0n) is 12.4. The van der Waals surface area contributed by atoms with Crippen molar-refractivity contribution in [3.05, 3.63) is 29.8 Å². The van der Waals surface area contributed by atoms with E-state index in [-0.39, 0.29) is 0 Å². The van der Waals surface area contributed by atoms with E-state index < -0.39 is 10.0 Å². The number of hydrogen-bond donors (Lipinski definition) is 0. The van der Waals surface area contributed by atoms with E-state index in [1.54, 1.807) is 26.2 Å². The van der Waals surface area contributed by atoms with Crippen LogP contribution >= 0.6 is 0 Å². The van der Waals surface area contributed by atoms with Gasteiger partial charge >= 0.3 is 0 Å². The van der Waals surface area contributed by atoms with E-state index in [0.717, 1.165) is 38.3 Å². The molecule has 0 bridgehead atoms. The maximum Gasteiger partial charge on any atom is 0.242 e. The molecule has 6 heteroatoms. The summed E-state index contributed by atoms with van der Waals surface area (Å²) < 4.78 is 25.5. The van der Waals surface area contributed by atoms with Crippen LogP contribution in [0.1, 0.15) is 5.56 Å². The SMILES string of the molecule is CN1CCN(Cc2cccc(S(=O)(=O)N(C)C)c2)CC1. The number of hydrogen-bond acceptors (Lipinski definition) is 4. The van der Waals surface area contributed by atoms with E-state index in [9.17, 15) is 8.42 Å². The molecule has 0 saturated carbocycles. The minimum Gasteiger partial charge on any atom is -0.304 e. The normalized spacial score (nSPS) is 18.6. The van der Waals surface area contributed by atoms with Crippen LogP contribution in [0.5, 0.6) is 0 Å². The van der Waals surface area contributed by atoms with Gasteiger partial charge < -0.3 is 4.90 Å². The molecule has 0 atom stereocenters. The average Bonchev–Trinajstić information content (AvgIpc) is 2.41. The Morgan fingerprint density at radius 3 is 2.40 bits per heavy atom. The Hall–Kier alpha value is -0.950. The molecule has 112 valence electrons. The van der Waals surface area contributed by atoms with Crippen LogP contribution in [0.25, 0.3) is 0 Å². The Morgan fingerprint density at radius 2 is 1.80 bits per heavy atom. The Kier molecular flexibility index (Phi) is 4.80. The number of piperazine rings is 1. The van der Waals surface area contributed by atoms with E-state index in [1.807, 2.05) is 12.1 Å². The average molecular weight is 297 g/mol. The van der Waals surface area contributed by atoms with E-state index in [1.165, 1.54) is 4.31 Å². The lowest BCUT2D eigenvalue weighted by atomic mass is 10.2. The number of likely N-dealkylation sites (N-methyl/N-ethyl adjacent to an activating group) is 1. The molecule has 2 rings (SSSR count). The maximum absolute atomic E-state index is 12.1. The summed E-state index contributed by atoms with van der Waals surface area (Å²) in [5, 5.41) is 0. The second-order valence-electron chi connectivity index (χ2n) is 5.51. The van der Waals surface area contributed by atoms with Gasteiger partial charge in [0, 0.05) is 46.8 Å². The summed E-state index contributed by atoms with van der Waals surface area (Å²) in [5.74, 6) is 0. The van der Waals surface area contributed by atoms with Crippen LogP contribution in [0.15, 0.2) is 29.2 Å². The van der Waals surface area contributed by atoms with Gasteiger partial charge in [-0.3, -0.25) is 4.90 Å².